The van der Waals surface area contributed by atoms with Gasteiger partial charge in [0, 0.05) is 39.3 Å². The highest BCUT2D eigenvalue weighted by Crippen LogP contribution is 2.25. The topological polar surface area (TPSA) is 64.1 Å². The van der Waals surface area contributed by atoms with Crippen LogP contribution in [-0.4, -0.2) is 68.7 Å². The van der Waals surface area contributed by atoms with Crippen molar-refractivity contribution in [1.82, 2.24) is 9.80 Å². The number of sulfonamides is 1. The lowest BCUT2D eigenvalue weighted by molar-refractivity contribution is 0.0743. The van der Waals surface area contributed by atoms with E-state index in [1.165, 1.54) is 34.1 Å². The average molecular weight is 498 g/mol. The molecule has 3 aromatic rings. The molecule has 6 nitrogen and oxygen atoms in total. The van der Waals surface area contributed by atoms with Gasteiger partial charge in [-0.2, -0.15) is 0 Å². The van der Waals surface area contributed by atoms with Crippen LogP contribution >= 0.6 is 0 Å². The number of anilines is 1. The predicted octanol–water partition coefficient (Wildman–Crippen LogP) is 3.51. The SMILES string of the molecule is Cc1ccc(S(=O)(=O)N(C[C@@H](O)CN2CCN(Cc3ccccc3)CC2)c2ccc(F)cc2)cc1. The molecule has 0 spiro atoms. The zero-order valence-electron chi connectivity index (χ0n) is 19.9. The molecule has 1 aliphatic heterocycles. The molecular formula is C27H32FN3O3S. The van der Waals surface area contributed by atoms with E-state index < -0.39 is 21.9 Å². The molecule has 0 aromatic heterocycles. The molecule has 1 saturated heterocycles. The summed E-state index contributed by atoms with van der Waals surface area (Å²) in [4.78, 5) is 4.67. The third-order valence-electron chi connectivity index (χ3n) is 6.28. The Labute approximate surface area is 207 Å². The van der Waals surface area contributed by atoms with Crippen LogP contribution in [0.15, 0.2) is 83.8 Å². The molecule has 0 unspecified atom stereocenters. The molecule has 1 aliphatic rings. The summed E-state index contributed by atoms with van der Waals surface area (Å²) in [5, 5.41) is 10.9. The first-order chi connectivity index (χ1) is 16.8. The minimum Gasteiger partial charge on any atom is -0.390 e. The summed E-state index contributed by atoms with van der Waals surface area (Å²) in [7, 11) is -3.94. The second-order valence-corrected chi connectivity index (χ2v) is 10.9. The fraction of sp³-hybridized carbons (Fsp3) is 0.333. The Balaban J connectivity index is 1.41. The minimum atomic E-state index is -3.94. The third-order valence-corrected chi connectivity index (χ3v) is 8.09. The first-order valence-electron chi connectivity index (χ1n) is 11.8. The Hall–Kier alpha value is -2.78. The van der Waals surface area contributed by atoms with Crippen molar-refractivity contribution >= 4 is 15.7 Å². The van der Waals surface area contributed by atoms with Crippen LogP contribution in [0.3, 0.4) is 0 Å². The highest BCUT2D eigenvalue weighted by atomic mass is 32.2. The molecule has 1 fully saturated rings. The standard InChI is InChI=1S/C27H32FN3O3S/c1-22-7-13-27(14-8-22)35(33,34)31(25-11-9-24(28)10-12-25)21-26(32)20-30-17-15-29(16-18-30)19-23-5-3-2-4-6-23/h2-14,26,32H,15-21H2,1H3/t26-/m0/s1. The number of aryl methyl sites for hydroxylation is 1. The van der Waals surface area contributed by atoms with Crippen LogP contribution in [0.5, 0.6) is 0 Å². The van der Waals surface area contributed by atoms with E-state index in [4.69, 9.17) is 0 Å². The summed E-state index contributed by atoms with van der Waals surface area (Å²) in [5.74, 6) is -0.449. The quantitative estimate of drug-likeness (QED) is 0.490. The molecule has 0 bridgehead atoms. The molecule has 35 heavy (non-hydrogen) atoms. The Kier molecular flexibility index (Phi) is 8.18. The number of aliphatic hydroxyl groups excluding tert-OH is 1. The summed E-state index contributed by atoms with van der Waals surface area (Å²) in [5.41, 5.74) is 2.54. The van der Waals surface area contributed by atoms with E-state index >= 15 is 0 Å². The number of rotatable bonds is 9. The van der Waals surface area contributed by atoms with Crippen molar-refractivity contribution in [3.8, 4) is 0 Å². The van der Waals surface area contributed by atoms with Crippen LogP contribution in [0.25, 0.3) is 0 Å². The number of benzene rings is 3. The second-order valence-electron chi connectivity index (χ2n) is 9.04. The van der Waals surface area contributed by atoms with E-state index in [0.717, 1.165) is 38.3 Å². The van der Waals surface area contributed by atoms with E-state index in [0.29, 0.717) is 12.2 Å². The highest BCUT2D eigenvalue weighted by Gasteiger charge is 2.28. The fourth-order valence-electron chi connectivity index (χ4n) is 4.31. The van der Waals surface area contributed by atoms with Gasteiger partial charge in [-0.15, -0.1) is 0 Å². The molecule has 4 rings (SSSR count). The summed E-state index contributed by atoms with van der Waals surface area (Å²) < 4.78 is 41.6. The maximum Gasteiger partial charge on any atom is 0.264 e. The lowest BCUT2D eigenvalue weighted by atomic mass is 10.2. The Morgan fingerprint density at radius 3 is 2.11 bits per heavy atom. The maximum atomic E-state index is 13.5. The van der Waals surface area contributed by atoms with Crippen LogP contribution < -0.4 is 4.31 Å². The molecule has 0 saturated carbocycles. The van der Waals surface area contributed by atoms with E-state index in [1.54, 1.807) is 24.3 Å². The van der Waals surface area contributed by atoms with Gasteiger partial charge in [0.25, 0.3) is 10.0 Å². The highest BCUT2D eigenvalue weighted by molar-refractivity contribution is 7.92. The van der Waals surface area contributed by atoms with E-state index in [1.807, 2.05) is 25.1 Å². The molecular weight excluding hydrogens is 465 g/mol. The minimum absolute atomic E-state index is 0.119. The van der Waals surface area contributed by atoms with Crippen LogP contribution in [0.2, 0.25) is 0 Å². The lowest BCUT2D eigenvalue weighted by Crippen LogP contribution is -2.50. The van der Waals surface area contributed by atoms with Crippen LogP contribution in [-0.2, 0) is 16.6 Å². The molecule has 3 aromatic carbocycles. The molecule has 1 N–H and O–H groups in total. The van der Waals surface area contributed by atoms with Crippen LogP contribution in [0.1, 0.15) is 11.1 Å². The molecule has 186 valence electrons. The van der Waals surface area contributed by atoms with Crippen molar-refractivity contribution in [2.75, 3.05) is 43.6 Å². The van der Waals surface area contributed by atoms with E-state index in [-0.39, 0.29) is 11.4 Å². The zero-order valence-corrected chi connectivity index (χ0v) is 20.7. The molecule has 1 atom stereocenters. The van der Waals surface area contributed by atoms with Gasteiger partial charge in [-0.05, 0) is 48.9 Å². The number of β-amino-alcohol motifs (C(OH)–C–C–N with tert-alkyl or cyclic N) is 1. The molecule has 8 heteroatoms. The number of nitrogens with zero attached hydrogens (tertiary/aromatic N) is 3. The Morgan fingerprint density at radius 1 is 0.886 bits per heavy atom. The van der Waals surface area contributed by atoms with Gasteiger partial charge in [0.05, 0.1) is 23.2 Å². The molecule has 1 heterocycles. The van der Waals surface area contributed by atoms with Gasteiger partial charge in [0.2, 0.25) is 0 Å². The fourth-order valence-corrected chi connectivity index (χ4v) is 5.81. The number of hydrogen-bond donors (Lipinski definition) is 1. The Bertz CT molecular complexity index is 1180. The molecule has 0 radical (unpaired) electrons. The largest absolute Gasteiger partial charge is 0.390 e. The van der Waals surface area contributed by atoms with Gasteiger partial charge < -0.3 is 5.11 Å². The van der Waals surface area contributed by atoms with Gasteiger partial charge >= 0.3 is 0 Å². The number of halogens is 1. The van der Waals surface area contributed by atoms with Crippen molar-refractivity contribution in [2.24, 2.45) is 0 Å². The smallest absolute Gasteiger partial charge is 0.264 e. The second kappa shape index (κ2) is 11.3. The molecule has 0 aliphatic carbocycles. The normalized spacial score (nSPS) is 16.2. The van der Waals surface area contributed by atoms with E-state index in [9.17, 15) is 17.9 Å². The van der Waals surface area contributed by atoms with E-state index in [2.05, 4.69) is 21.9 Å². The van der Waals surface area contributed by atoms with Gasteiger partial charge in [0.15, 0.2) is 0 Å². The van der Waals surface area contributed by atoms with Gasteiger partial charge in [-0.3, -0.25) is 14.1 Å². The summed E-state index contributed by atoms with van der Waals surface area (Å²) in [6.07, 6.45) is -0.902. The molecule has 0 amide bonds. The first-order valence-corrected chi connectivity index (χ1v) is 13.3. The van der Waals surface area contributed by atoms with Crippen LogP contribution in [0.4, 0.5) is 10.1 Å². The number of hydrogen-bond acceptors (Lipinski definition) is 5. The van der Waals surface area contributed by atoms with Gasteiger partial charge in [0.1, 0.15) is 5.82 Å². The zero-order chi connectivity index (χ0) is 24.8. The number of aliphatic hydroxyl groups is 1. The Morgan fingerprint density at radius 2 is 1.49 bits per heavy atom. The van der Waals surface area contributed by atoms with Crippen molar-refractivity contribution in [2.45, 2.75) is 24.5 Å². The number of piperazine rings is 1. The van der Waals surface area contributed by atoms with Crippen molar-refractivity contribution in [3.05, 3.63) is 95.8 Å². The van der Waals surface area contributed by atoms with Crippen molar-refractivity contribution < 1.29 is 17.9 Å². The van der Waals surface area contributed by atoms with Crippen LogP contribution in [0, 0.1) is 12.7 Å². The monoisotopic (exact) mass is 497 g/mol. The lowest BCUT2D eigenvalue weighted by Gasteiger charge is -2.36. The average Bonchev–Trinajstić information content (AvgIpc) is 2.85. The summed E-state index contributed by atoms with van der Waals surface area (Å²) in [6, 6.07) is 22.2. The van der Waals surface area contributed by atoms with Gasteiger partial charge in [-0.1, -0.05) is 48.0 Å². The third kappa shape index (κ3) is 6.67. The predicted molar refractivity (Wildman–Crippen MR) is 136 cm³/mol. The van der Waals surface area contributed by atoms with Crippen molar-refractivity contribution in [3.63, 3.8) is 0 Å². The van der Waals surface area contributed by atoms with Gasteiger partial charge in [-0.25, -0.2) is 12.8 Å². The first kappa shape index (κ1) is 25.3. The summed E-state index contributed by atoms with van der Waals surface area (Å²) >= 11 is 0. The summed E-state index contributed by atoms with van der Waals surface area (Å²) in [6.45, 7) is 6.38. The maximum absolute atomic E-state index is 13.5. The van der Waals surface area contributed by atoms with Crippen molar-refractivity contribution in [1.29, 1.82) is 0 Å².